The summed E-state index contributed by atoms with van der Waals surface area (Å²) < 4.78 is 52.5. The topological polar surface area (TPSA) is 418 Å². The minimum absolute atomic E-state index is 0.0515. The van der Waals surface area contributed by atoms with Crippen LogP contribution in [-0.4, -0.2) is 245 Å². The second-order valence-electron chi connectivity index (χ2n) is 26.7. The molecule has 29 atom stereocenters. The van der Waals surface area contributed by atoms with Crippen molar-refractivity contribution in [1.82, 2.24) is 0 Å². The van der Waals surface area contributed by atoms with E-state index < -0.39 is 195 Å². The molecule has 468 valence electrons. The standard InChI is InChI=1S/C56H88O26/c1-23(59)74-21-28-35(63)38(66)41(69)46(78-28)81-44-39(67)34(62)27(20-58)77-48(44)75-22-29-36(64)43(80-45-40(68)37(65)33(61)26(19-57)76-45)42(70)47(79-29)82-50(73)56-16-14-51(2,3)18-25(56)24-8-9-30-52(4)12-11-32(60)55(7,49(71)72)31(52)10-13-54(30,6)53(24,5)15-17-56/h8,25-48,57-58,60-70H,9-22H2,1-7H3,(H,71,72)/t25-,26+,27+,28+,29+,30+,31+,32-,33+,34+,35+,36+,37-,38-,39-,40+,41+,42+,43-,44+,45-,46-,47-,48+,52+,53+,54+,55-,56-/m0/s1. The van der Waals surface area contributed by atoms with Gasteiger partial charge in [0.1, 0.15) is 104 Å². The molecule has 0 aromatic rings. The molecule has 0 amide bonds. The van der Waals surface area contributed by atoms with Crippen LogP contribution < -0.4 is 0 Å². The molecule has 0 spiro atoms. The number of hydrogen-bond acceptors (Lipinski definition) is 25. The fourth-order valence-electron chi connectivity index (χ4n) is 16.5. The normalized spacial score (nSPS) is 51.9. The first-order valence-corrected chi connectivity index (χ1v) is 28.9. The van der Waals surface area contributed by atoms with Crippen molar-refractivity contribution in [3.05, 3.63) is 11.6 Å². The van der Waals surface area contributed by atoms with E-state index in [0.29, 0.717) is 64.2 Å². The molecule has 26 heteroatoms. The fraction of sp³-hybridized carbons (Fsp3) is 0.911. The maximum absolute atomic E-state index is 15.6. The Balaban J connectivity index is 1.01. The average molecular weight is 1180 g/mol. The molecule has 0 radical (unpaired) electrons. The van der Waals surface area contributed by atoms with Crippen LogP contribution in [0.5, 0.6) is 0 Å². The molecule has 0 bridgehead atoms. The van der Waals surface area contributed by atoms with Gasteiger partial charge in [-0.3, -0.25) is 14.4 Å². The van der Waals surface area contributed by atoms with Gasteiger partial charge in [-0.05, 0) is 111 Å². The monoisotopic (exact) mass is 1180 g/mol. The quantitative estimate of drug-likeness (QED) is 0.0637. The van der Waals surface area contributed by atoms with Crippen LogP contribution in [0.3, 0.4) is 0 Å². The predicted molar refractivity (Wildman–Crippen MR) is 274 cm³/mol. The Morgan fingerprint density at radius 1 is 0.573 bits per heavy atom. The number of carbonyl (C=O) groups is 3. The van der Waals surface area contributed by atoms with Gasteiger partial charge in [-0.15, -0.1) is 0 Å². The molecule has 8 fully saturated rings. The molecule has 0 aromatic carbocycles. The van der Waals surface area contributed by atoms with Gasteiger partial charge in [0.15, 0.2) is 18.9 Å². The molecule has 0 unspecified atom stereocenters. The van der Waals surface area contributed by atoms with Crippen LogP contribution in [0.25, 0.3) is 0 Å². The van der Waals surface area contributed by atoms with E-state index in [-0.39, 0.29) is 28.6 Å². The minimum Gasteiger partial charge on any atom is -0.481 e. The lowest BCUT2D eigenvalue weighted by atomic mass is 9.33. The number of hydrogen-bond donors (Lipinski definition) is 14. The summed E-state index contributed by atoms with van der Waals surface area (Å²) in [6.45, 7) is 10.6. The highest BCUT2D eigenvalue weighted by Crippen LogP contribution is 2.76. The van der Waals surface area contributed by atoms with Crippen LogP contribution in [0.15, 0.2) is 11.6 Å². The molecule has 82 heavy (non-hydrogen) atoms. The average Bonchev–Trinajstić information content (AvgIpc) is 0.806. The van der Waals surface area contributed by atoms with E-state index in [1.54, 1.807) is 6.92 Å². The largest absolute Gasteiger partial charge is 0.481 e. The Bertz CT molecular complexity index is 2340. The predicted octanol–water partition coefficient (Wildman–Crippen LogP) is -2.40. The molecule has 9 rings (SSSR count). The smallest absolute Gasteiger partial charge is 0.315 e. The van der Waals surface area contributed by atoms with Crippen LogP contribution in [0.2, 0.25) is 0 Å². The lowest BCUT2D eigenvalue weighted by Crippen LogP contribution is -2.67. The molecular formula is C56H88O26. The first-order valence-electron chi connectivity index (χ1n) is 28.9. The van der Waals surface area contributed by atoms with Crippen molar-refractivity contribution >= 4 is 17.9 Å². The van der Waals surface area contributed by atoms with E-state index >= 15 is 4.79 Å². The number of rotatable bonds is 14. The van der Waals surface area contributed by atoms with E-state index in [4.69, 9.17) is 42.6 Å². The zero-order chi connectivity index (χ0) is 60.1. The molecule has 5 aliphatic carbocycles. The van der Waals surface area contributed by atoms with Crippen molar-refractivity contribution in [2.75, 3.05) is 26.4 Å². The third kappa shape index (κ3) is 10.6. The van der Waals surface area contributed by atoms with Gasteiger partial charge >= 0.3 is 17.9 Å². The number of allylic oxidation sites excluding steroid dienone is 2. The summed E-state index contributed by atoms with van der Waals surface area (Å²) in [6, 6.07) is 0. The second-order valence-corrected chi connectivity index (χ2v) is 26.7. The third-order valence-corrected chi connectivity index (χ3v) is 21.8. The van der Waals surface area contributed by atoms with Crippen molar-refractivity contribution in [3.8, 4) is 0 Å². The van der Waals surface area contributed by atoms with E-state index in [9.17, 15) is 81.1 Å². The number of esters is 2. The van der Waals surface area contributed by atoms with Crippen molar-refractivity contribution < 1.29 is 129 Å². The second kappa shape index (κ2) is 23.5. The Morgan fingerprint density at radius 3 is 1.73 bits per heavy atom. The van der Waals surface area contributed by atoms with E-state index in [0.717, 1.165) is 12.5 Å². The summed E-state index contributed by atoms with van der Waals surface area (Å²) in [6.07, 6.45) is -30.8. The number of ether oxygens (including phenoxy) is 9. The van der Waals surface area contributed by atoms with Crippen LogP contribution in [0.1, 0.15) is 113 Å². The van der Waals surface area contributed by atoms with Crippen LogP contribution in [0, 0.1) is 50.2 Å². The first kappa shape index (κ1) is 63.8. The molecule has 4 heterocycles. The Kier molecular flexibility index (Phi) is 18.3. The molecule has 4 saturated carbocycles. The van der Waals surface area contributed by atoms with Crippen LogP contribution in [0.4, 0.5) is 0 Å². The fourth-order valence-corrected chi connectivity index (χ4v) is 16.5. The lowest BCUT2D eigenvalue weighted by Gasteiger charge is -2.71. The van der Waals surface area contributed by atoms with Gasteiger partial charge < -0.3 is 114 Å². The number of carboxylic acid groups (broad SMARTS) is 1. The van der Waals surface area contributed by atoms with E-state index in [1.807, 2.05) is 0 Å². The van der Waals surface area contributed by atoms with Gasteiger partial charge in [-0.25, -0.2) is 0 Å². The Morgan fingerprint density at radius 2 is 1.12 bits per heavy atom. The van der Waals surface area contributed by atoms with Crippen molar-refractivity contribution in [3.63, 3.8) is 0 Å². The van der Waals surface area contributed by atoms with E-state index in [1.165, 1.54) is 0 Å². The highest BCUT2D eigenvalue weighted by Gasteiger charge is 2.71. The zero-order valence-electron chi connectivity index (χ0n) is 47.5. The molecular weight excluding hydrogens is 1090 g/mol. The van der Waals surface area contributed by atoms with Crippen molar-refractivity contribution in [1.29, 1.82) is 0 Å². The Hall–Kier alpha value is -2.65. The number of aliphatic carboxylic acids is 1. The minimum atomic E-state index is -2.09. The third-order valence-electron chi connectivity index (χ3n) is 21.8. The summed E-state index contributed by atoms with van der Waals surface area (Å²) in [4.78, 5) is 40.1. The molecule has 0 aromatic heterocycles. The summed E-state index contributed by atoms with van der Waals surface area (Å²) in [5.41, 5.74) is -2.89. The molecule has 4 saturated heterocycles. The van der Waals surface area contributed by atoms with Crippen LogP contribution >= 0.6 is 0 Å². The van der Waals surface area contributed by atoms with Crippen LogP contribution in [-0.2, 0) is 57.0 Å². The van der Waals surface area contributed by atoms with Crippen molar-refractivity contribution in [2.24, 2.45) is 50.2 Å². The number of aliphatic hydroxyl groups is 13. The number of carboxylic acids is 1. The van der Waals surface area contributed by atoms with Gasteiger partial charge in [-0.1, -0.05) is 46.3 Å². The van der Waals surface area contributed by atoms with Gasteiger partial charge in [0.25, 0.3) is 0 Å². The lowest BCUT2D eigenvalue weighted by molar-refractivity contribution is -0.377. The summed E-state index contributed by atoms with van der Waals surface area (Å²) in [5, 5.41) is 153. The molecule has 26 nitrogen and oxygen atoms in total. The van der Waals surface area contributed by atoms with Gasteiger partial charge in [0.05, 0.1) is 36.8 Å². The summed E-state index contributed by atoms with van der Waals surface area (Å²) in [7, 11) is 0. The maximum atomic E-state index is 15.6. The molecule has 4 aliphatic heterocycles. The number of carbonyl (C=O) groups excluding carboxylic acids is 2. The van der Waals surface area contributed by atoms with Gasteiger partial charge in [0, 0.05) is 6.92 Å². The summed E-state index contributed by atoms with van der Waals surface area (Å²) in [5.74, 6) is -3.12. The van der Waals surface area contributed by atoms with Gasteiger partial charge in [-0.2, -0.15) is 0 Å². The van der Waals surface area contributed by atoms with Gasteiger partial charge in [0.2, 0.25) is 6.29 Å². The highest BCUT2D eigenvalue weighted by atomic mass is 16.8. The molecule has 14 N–H and O–H groups in total. The number of fused-ring (bicyclic) bond motifs is 7. The summed E-state index contributed by atoms with van der Waals surface area (Å²) >= 11 is 0. The van der Waals surface area contributed by atoms with Crippen molar-refractivity contribution in [2.45, 2.75) is 242 Å². The zero-order valence-corrected chi connectivity index (χ0v) is 47.5. The molecule has 9 aliphatic rings. The Labute approximate surface area is 475 Å². The maximum Gasteiger partial charge on any atom is 0.315 e. The number of aliphatic hydroxyl groups excluding tert-OH is 13. The first-order chi connectivity index (χ1) is 38.3. The highest BCUT2D eigenvalue weighted by molar-refractivity contribution is 5.79. The van der Waals surface area contributed by atoms with E-state index in [2.05, 4.69) is 40.7 Å². The SMILES string of the molecule is CC(=O)OC[C@H]1O[C@@H](O[C@H]2[C@H](OC[C@H]3O[C@@H](OC(=O)[C@]45CCC(C)(C)C[C@H]4C4=CC[C@@H]6[C@@]7(C)CC[C@H](O)[C@@](C)(C(=O)O)[C@@H]7CC[C@@]6(C)[C@]4(C)CC5)[C@H](O)[C@@H](O[C@@H]4O[C@H](CO)[C@@H](O)[C@H](O)[C@H]4O)[C@@H]3O)O[C@H](CO)[C@@H](O)[C@@H]2O)[C@H](O)[C@@H](O)[C@@H]1O.